The molecule has 0 atom stereocenters. The van der Waals surface area contributed by atoms with Crippen LogP contribution in [0.25, 0.3) is 0 Å². The van der Waals surface area contributed by atoms with Gasteiger partial charge in [0.05, 0.1) is 18.7 Å². The minimum atomic E-state index is -0.545. The largest absolute Gasteiger partial charge is 0.494 e. The molecule has 0 saturated heterocycles. The first-order chi connectivity index (χ1) is 15.0. The fourth-order valence-corrected chi connectivity index (χ4v) is 2.75. The lowest BCUT2D eigenvalue weighted by Gasteiger charge is -2.11. The lowest BCUT2D eigenvalue weighted by atomic mass is 10.2. The van der Waals surface area contributed by atoms with E-state index in [0.717, 1.165) is 5.56 Å². The van der Waals surface area contributed by atoms with Crippen LogP contribution in [0, 0.1) is 0 Å². The summed E-state index contributed by atoms with van der Waals surface area (Å²) in [5.74, 6) is 0.133. The summed E-state index contributed by atoms with van der Waals surface area (Å²) >= 11 is 0. The molecular weight excluding hydrogens is 398 g/mol. The maximum Gasteiger partial charge on any atom is 0.276 e. The fraction of sp³-hybridized carbons (Fsp3) is 0.174. The molecule has 0 bridgehead atoms. The zero-order valence-corrected chi connectivity index (χ0v) is 17.0. The van der Waals surface area contributed by atoms with Crippen molar-refractivity contribution in [3.63, 3.8) is 0 Å². The molecule has 3 aromatic rings. The highest BCUT2D eigenvalue weighted by molar-refractivity contribution is 5.95. The third-order valence-electron chi connectivity index (χ3n) is 4.26. The maximum absolute atomic E-state index is 12.3. The number of hydrogen-bond donors (Lipinski definition) is 2. The highest BCUT2D eigenvalue weighted by atomic mass is 16.5. The Labute approximate surface area is 179 Å². The molecule has 0 aliphatic rings. The molecular formula is C23H23N3O5. The van der Waals surface area contributed by atoms with Gasteiger partial charge >= 0.3 is 0 Å². The van der Waals surface area contributed by atoms with Gasteiger partial charge in [0, 0.05) is 12.3 Å². The SMILES string of the molecule is CCOc1ccc(OCC(=O)NNC(=O)c2ccc(=O)n(Cc3ccccc3)c2)cc1. The number of ether oxygens (including phenoxy) is 2. The van der Waals surface area contributed by atoms with E-state index in [4.69, 9.17) is 9.47 Å². The molecule has 0 unspecified atom stereocenters. The second kappa shape index (κ2) is 10.6. The van der Waals surface area contributed by atoms with Crippen molar-refractivity contribution in [3.05, 3.63) is 94.4 Å². The molecule has 2 amide bonds. The van der Waals surface area contributed by atoms with E-state index in [1.807, 2.05) is 37.3 Å². The van der Waals surface area contributed by atoms with Crippen molar-refractivity contribution >= 4 is 11.8 Å². The van der Waals surface area contributed by atoms with Crippen LogP contribution in [0.2, 0.25) is 0 Å². The van der Waals surface area contributed by atoms with Gasteiger partial charge in [-0.3, -0.25) is 25.2 Å². The van der Waals surface area contributed by atoms with E-state index in [0.29, 0.717) is 24.7 Å². The van der Waals surface area contributed by atoms with Crippen LogP contribution in [-0.2, 0) is 11.3 Å². The second-order valence-electron chi connectivity index (χ2n) is 6.56. The van der Waals surface area contributed by atoms with E-state index < -0.39 is 11.8 Å². The molecule has 0 radical (unpaired) electrons. The van der Waals surface area contributed by atoms with Crippen LogP contribution in [0.3, 0.4) is 0 Å². The topological polar surface area (TPSA) is 98.7 Å². The van der Waals surface area contributed by atoms with Crippen LogP contribution < -0.4 is 25.9 Å². The van der Waals surface area contributed by atoms with Crippen molar-refractivity contribution in [2.45, 2.75) is 13.5 Å². The summed E-state index contributed by atoms with van der Waals surface area (Å²) < 4.78 is 12.1. The van der Waals surface area contributed by atoms with E-state index >= 15 is 0 Å². The number of nitrogens with zero attached hydrogens (tertiary/aromatic N) is 1. The van der Waals surface area contributed by atoms with E-state index in [9.17, 15) is 14.4 Å². The molecule has 8 nitrogen and oxygen atoms in total. The van der Waals surface area contributed by atoms with E-state index in [2.05, 4.69) is 10.9 Å². The Morgan fingerprint density at radius 1 is 0.871 bits per heavy atom. The molecule has 2 aromatic carbocycles. The van der Waals surface area contributed by atoms with Gasteiger partial charge in [-0.05, 0) is 42.8 Å². The lowest BCUT2D eigenvalue weighted by molar-refractivity contribution is -0.123. The summed E-state index contributed by atoms with van der Waals surface area (Å²) in [6, 6.07) is 19.0. The average molecular weight is 421 g/mol. The van der Waals surface area contributed by atoms with E-state index in [1.54, 1.807) is 24.3 Å². The summed E-state index contributed by atoms with van der Waals surface area (Å²) in [6.07, 6.45) is 1.45. The summed E-state index contributed by atoms with van der Waals surface area (Å²) in [5.41, 5.74) is 5.55. The second-order valence-corrected chi connectivity index (χ2v) is 6.56. The molecule has 0 saturated carbocycles. The number of carbonyl (C=O) groups is 2. The normalized spacial score (nSPS) is 10.2. The summed E-state index contributed by atoms with van der Waals surface area (Å²) in [7, 11) is 0. The van der Waals surface area contributed by atoms with Crippen molar-refractivity contribution in [2.75, 3.05) is 13.2 Å². The molecule has 1 aromatic heterocycles. The molecule has 0 fully saturated rings. The van der Waals surface area contributed by atoms with Gasteiger partial charge in [0.25, 0.3) is 17.4 Å². The number of nitrogens with one attached hydrogen (secondary N) is 2. The molecule has 8 heteroatoms. The number of hydrazine groups is 1. The summed E-state index contributed by atoms with van der Waals surface area (Å²) in [4.78, 5) is 36.4. The standard InChI is InChI=1S/C23H23N3O5/c1-2-30-19-9-11-20(12-10-19)31-16-21(27)24-25-23(29)18-8-13-22(28)26(15-18)14-17-6-4-3-5-7-17/h3-13,15H,2,14,16H2,1H3,(H,24,27)(H,25,29). The van der Waals surface area contributed by atoms with Gasteiger partial charge in [-0.25, -0.2) is 0 Å². The Morgan fingerprint density at radius 3 is 2.23 bits per heavy atom. The first-order valence-electron chi connectivity index (χ1n) is 9.74. The smallest absolute Gasteiger partial charge is 0.276 e. The van der Waals surface area contributed by atoms with Crippen molar-refractivity contribution in [1.29, 1.82) is 0 Å². The van der Waals surface area contributed by atoms with Crippen molar-refractivity contribution in [3.8, 4) is 11.5 Å². The first kappa shape index (κ1) is 21.6. The van der Waals surface area contributed by atoms with Crippen LogP contribution in [0.1, 0.15) is 22.8 Å². The summed E-state index contributed by atoms with van der Waals surface area (Å²) in [5, 5.41) is 0. The molecule has 0 aliphatic carbocycles. The van der Waals surface area contributed by atoms with Crippen molar-refractivity contribution < 1.29 is 19.1 Å². The molecule has 0 aliphatic heterocycles. The number of rotatable bonds is 8. The van der Waals surface area contributed by atoms with Gasteiger partial charge in [-0.2, -0.15) is 0 Å². The molecule has 2 N–H and O–H groups in total. The monoisotopic (exact) mass is 421 g/mol. The molecule has 3 rings (SSSR count). The molecule has 0 spiro atoms. The van der Waals surface area contributed by atoms with Crippen LogP contribution in [0.4, 0.5) is 0 Å². The quantitative estimate of drug-likeness (QED) is 0.543. The number of carbonyl (C=O) groups excluding carboxylic acids is 2. The minimum Gasteiger partial charge on any atom is -0.494 e. The minimum absolute atomic E-state index is 0.229. The number of pyridine rings is 1. The fourth-order valence-electron chi connectivity index (χ4n) is 2.75. The van der Waals surface area contributed by atoms with Crippen LogP contribution in [0.15, 0.2) is 77.7 Å². The van der Waals surface area contributed by atoms with Gasteiger partial charge in [0.1, 0.15) is 11.5 Å². The number of hydrogen-bond acceptors (Lipinski definition) is 5. The van der Waals surface area contributed by atoms with Crippen molar-refractivity contribution in [1.82, 2.24) is 15.4 Å². The van der Waals surface area contributed by atoms with Crippen LogP contribution in [-0.4, -0.2) is 29.6 Å². The highest BCUT2D eigenvalue weighted by Gasteiger charge is 2.10. The van der Waals surface area contributed by atoms with Gasteiger partial charge in [-0.1, -0.05) is 30.3 Å². The van der Waals surface area contributed by atoms with Crippen molar-refractivity contribution in [2.24, 2.45) is 0 Å². The van der Waals surface area contributed by atoms with Gasteiger partial charge < -0.3 is 14.0 Å². The summed E-state index contributed by atoms with van der Waals surface area (Å²) in [6.45, 7) is 2.51. The third-order valence-corrected chi connectivity index (χ3v) is 4.26. The predicted octanol–water partition coefficient (Wildman–Crippen LogP) is 2.14. The lowest BCUT2D eigenvalue weighted by Crippen LogP contribution is -2.44. The van der Waals surface area contributed by atoms with Gasteiger partial charge in [0.15, 0.2) is 6.61 Å². The van der Waals surface area contributed by atoms with Gasteiger partial charge in [-0.15, -0.1) is 0 Å². The average Bonchev–Trinajstić information content (AvgIpc) is 2.79. The maximum atomic E-state index is 12.3. The number of benzene rings is 2. The first-order valence-corrected chi connectivity index (χ1v) is 9.74. The van der Waals surface area contributed by atoms with E-state index in [-0.39, 0.29) is 17.7 Å². The Balaban J connectivity index is 1.51. The zero-order chi connectivity index (χ0) is 22.1. The number of aromatic nitrogens is 1. The Hall–Kier alpha value is -4.07. The molecule has 160 valence electrons. The van der Waals surface area contributed by atoms with E-state index in [1.165, 1.54) is 22.9 Å². The molecule has 1 heterocycles. The van der Waals surface area contributed by atoms with Gasteiger partial charge in [0.2, 0.25) is 0 Å². The van der Waals surface area contributed by atoms with Crippen LogP contribution >= 0.6 is 0 Å². The van der Waals surface area contributed by atoms with Crippen LogP contribution in [0.5, 0.6) is 11.5 Å². The predicted molar refractivity (Wildman–Crippen MR) is 115 cm³/mol. The third kappa shape index (κ3) is 6.46. The highest BCUT2D eigenvalue weighted by Crippen LogP contribution is 2.17. The number of amides is 2. The Morgan fingerprint density at radius 2 is 1.55 bits per heavy atom. The molecule has 31 heavy (non-hydrogen) atoms. The Bertz CT molecular complexity index is 1080. The Kier molecular flexibility index (Phi) is 7.42. The zero-order valence-electron chi connectivity index (χ0n) is 17.0.